The maximum Gasteiger partial charge on any atom is 0.137 e. The summed E-state index contributed by atoms with van der Waals surface area (Å²) >= 11 is 0. The van der Waals surface area contributed by atoms with E-state index in [1.165, 1.54) is 61.2 Å². The molecule has 8 aromatic rings. The summed E-state index contributed by atoms with van der Waals surface area (Å²) in [5, 5.41) is 2.39. The highest BCUT2D eigenvalue weighted by molar-refractivity contribution is 6.10. The molecule has 0 radical (unpaired) electrons. The molecule has 6 aromatic carbocycles. The molecule has 0 saturated heterocycles. The average Bonchev–Trinajstić information content (AvgIpc) is 3.81. The van der Waals surface area contributed by atoms with Gasteiger partial charge in [-0.25, -0.2) is 4.98 Å². The normalized spacial score (nSPS) is 13.8. The molecule has 0 amide bonds. The summed E-state index contributed by atoms with van der Waals surface area (Å²) in [7, 11) is 0. The lowest BCUT2D eigenvalue weighted by atomic mass is 9.78. The second kappa shape index (κ2) is 15.9. The van der Waals surface area contributed by atoms with Crippen LogP contribution in [0.25, 0.3) is 27.6 Å². The fourth-order valence-electron chi connectivity index (χ4n) is 9.41. The topological polar surface area (TPSA) is 33.5 Å². The third-order valence-electron chi connectivity index (χ3n) is 13.8. The van der Waals surface area contributed by atoms with Crippen molar-refractivity contribution in [3.8, 4) is 17.3 Å². The lowest BCUT2D eigenvalue weighted by Gasteiger charge is -2.29. The van der Waals surface area contributed by atoms with Crippen LogP contribution in [-0.4, -0.2) is 16.2 Å². The van der Waals surface area contributed by atoms with E-state index in [0.717, 1.165) is 34.0 Å². The SMILES string of the molecule is CC(C)(C)c1cc(Oc2ccc3c4cc(C(C)(C)C)ccc4n(-c4cc(C(C)(C)C)ccn4)c3c2)cc(N2CN(c3cccc(C(C)(C)c4ccccc4)c3)c3cc(C(C)(C)C)ccc32)c1. The Bertz CT molecular complexity index is 3110. The minimum Gasteiger partial charge on any atom is -0.457 e. The van der Waals surface area contributed by atoms with Crippen molar-refractivity contribution in [2.24, 2.45) is 0 Å². The van der Waals surface area contributed by atoms with Gasteiger partial charge in [0, 0.05) is 45.9 Å². The summed E-state index contributed by atoms with van der Waals surface area (Å²) in [6.45, 7) is 32.6. The van der Waals surface area contributed by atoms with Crippen LogP contribution in [-0.2, 0) is 27.1 Å². The number of aromatic nitrogens is 2. The van der Waals surface area contributed by atoms with Crippen LogP contribution in [0.5, 0.6) is 11.5 Å². The molecular formula is C61H68N4O. The molecule has 0 aliphatic carbocycles. The van der Waals surface area contributed by atoms with Crippen LogP contribution in [0.2, 0.25) is 0 Å². The van der Waals surface area contributed by atoms with Crippen molar-refractivity contribution in [1.82, 2.24) is 9.55 Å². The molecule has 5 heteroatoms. The minimum atomic E-state index is -0.167. The van der Waals surface area contributed by atoms with E-state index in [9.17, 15) is 0 Å². The number of hydrogen-bond acceptors (Lipinski definition) is 4. The maximum atomic E-state index is 7.05. The van der Waals surface area contributed by atoms with Gasteiger partial charge in [0.15, 0.2) is 0 Å². The van der Waals surface area contributed by atoms with Crippen LogP contribution in [0.3, 0.4) is 0 Å². The molecule has 0 N–H and O–H groups in total. The molecule has 1 aliphatic heterocycles. The fourth-order valence-corrected chi connectivity index (χ4v) is 9.41. The molecule has 0 spiro atoms. The largest absolute Gasteiger partial charge is 0.457 e. The molecule has 2 aromatic heterocycles. The highest BCUT2D eigenvalue weighted by Gasteiger charge is 2.33. The van der Waals surface area contributed by atoms with E-state index in [1.807, 2.05) is 6.20 Å². The number of fused-ring (bicyclic) bond motifs is 4. The Labute approximate surface area is 394 Å². The van der Waals surface area contributed by atoms with E-state index in [0.29, 0.717) is 6.67 Å². The molecule has 3 heterocycles. The first-order chi connectivity index (χ1) is 31.0. The van der Waals surface area contributed by atoms with Gasteiger partial charge in [-0.1, -0.05) is 152 Å². The van der Waals surface area contributed by atoms with Gasteiger partial charge >= 0.3 is 0 Å². The lowest BCUT2D eigenvalue weighted by molar-refractivity contribution is 0.479. The number of pyridine rings is 1. The number of nitrogens with zero attached hydrogens (tertiary/aromatic N) is 4. The van der Waals surface area contributed by atoms with Crippen molar-refractivity contribution >= 4 is 44.6 Å². The van der Waals surface area contributed by atoms with Gasteiger partial charge in [0.1, 0.15) is 24.0 Å². The molecule has 1 aliphatic rings. The highest BCUT2D eigenvalue weighted by Crippen LogP contribution is 2.49. The molecule has 5 nitrogen and oxygen atoms in total. The van der Waals surface area contributed by atoms with E-state index < -0.39 is 0 Å². The number of rotatable bonds is 7. The third kappa shape index (κ3) is 8.38. The van der Waals surface area contributed by atoms with Gasteiger partial charge in [-0.05, 0) is 128 Å². The molecular weight excluding hydrogens is 805 g/mol. The Morgan fingerprint density at radius 2 is 1.03 bits per heavy atom. The fraction of sp³-hybridized carbons (Fsp3) is 0.328. The van der Waals surface area contributed by atoms with Gasteiger partial charge in [-0.15, -0.1) is 0 Å². The molecule has 0 saturated carbocycles. The monoisotopic (exact) mass is 873 g/mol. The van der Waals surface area contributed by atoms with E-state index >= 15 is 0 Å². The minimum absolute atomic E-state index is 0.00836. The molecule has 0 atom stereocenters. The molecule has 338 valence electrons. The summed E-state index contributed by atoms with van der Waals surface area (Å²) < 4.78 is 9.36. The van der Waals surface area contributed by atoms with E-state index in [-0.39, 0.29) is 27.1 Å². The Balaban J connectivity index is 1.15. The van der Waals surface area contributed by atoms with Crippen molar-refractivity contribution < 1.29 is 4.74 Å². The van der Waals surface area contributed by atoms with Crippen LogP contribution in [0.1, 0.15) is 130 Å². The number of anilines is 4. The van der Waals surface area contributed by atoms with Crippen molar-refractivity contribution in [2.75, 3.05) is 16.5 Å². The van der Waals surface area contributed by atoms with Gasteiger partial charge in [-0.3, -0.25) is 4.57 Å². The lowest BCUT2D eigenvalue weighted by Crippen LogP contribution is -2.25. The van der Waals surface area contributed by atoms with Crippen molar-refractivity contribution in [3.63, 3.8) is 0 Å². The first-order valence-corrected chi connectivity index (χ1v) is 23.7. The second-order valence-corrected chi connectivity index (χ2v) is 23.2. The number of hydrogen-bond donors (Lipinski definition) is 0. The molecule has 9 rings (SSSR count). The third-order valence-corrected chi connectivity index (χ3v) is 13.8. The summed E-state index contributed by atoms with van der Waals surface area (Å²) in [5.74, 6) is 2.49. The van der Waals surface area contributed by atoms with Gasteiger partial charge in [0.05, 0.1) is 22.4 Å². The van der Waals surface area contributed by atoms with Crippen LogP contribution in [0, 0.1) is 0 Å². The van der Waals surface area contributed by atoms with Crippen LogP contribution in [0.4, 0.5) is 22.7 Å². The maximum absolute atomic E-state index is 7.05. The Morgan fingerprint density at radius 1 is 0.409 bits per heavy atom. The van der Waals surface area contributed by atoms with Crippen LogP contribution in [0.15, 0.2) is 146 Å². The van der Waals surface area contributed by atoms with Gasteiger partial charge in [-0.2, -0.15) is 0 Å². The van der Waals surface area contributed by atoms with Gasteiger partial charge < -0.3 is 14.5 Å². The van der Waals surface area contributed by atoms with Gasteiger partial charge in [0.25, 0.3) is 0 Å². The zero-order valence-corrected chi connectivity index (χ0v) is 41.8. The number of benzene rings is 6. The number of ether oxygens (including phenoxy) is 1. The first-order valence-electron chi connectivity index (χ1n) is 23.7. The van der Waals surface area contributed by atoms with E-state index in [1.54, 1.807) is 0 Å². The second-order valence-electron chi connectivity index (χ2n) is 23.2. The van der Waals surface area contributed by atoms with Crippen molar-refractivity contribution in [1.29, 1.82) is 0 Å². The summed E-state index contributed by atoms with van der Waals surface area (Å²) in [5.41, 5.74) is 14.2. The predicted molar refractivity (Wildman–Crippen MR) is 280 cm³/mol. The predicted octanol–water partition coefficient (Wildman–Crippen LogP) is 16.7. The van der Waals surface area contributed by atoms with Crippen molar-refractivity contribution in [2.45, 2.75) is 124 Å². The summed E-state index contributed by atoms with van der Waals surface area (Å²) in [4.78, 5) is 9.93. The average molecular weight is 873 g/mol. The highest BCUT2D eigenvalue weighted by atomic mass is 16.5. The van der Waals surface area contributed by atoms with E-state index in [2.05, 4.69) is 251 Å². The van der Waals surface area contributed by atoms with Crippen molar-refractivity contribution in [3.05, 3.63) is 179 Å². The standard InChI is InChI=1S/C61H68N4O/c1-57(2,3)41-23-27-52-51(34-41)50-26-25-48(38-54(50)65(52)56-36-43(29-30-62-56)59(7,8)9)66-49-33-45(60(10,11)12)32-47(37-49)64-39-63(55-35-42(58(4,5)6)24-28-53(55)64)46-22-18-21-44(31-46)61(13,14)40-19-16-15-17-20-40/h15-38H,39H2,1-14H3. The Hall–Kier alpha value is -6.33. The molecule has 0 unspecified atom stereocenters. The smallest absolute Gasteiger partial charge is 0.137 e. The zero-order valence-electron chi connectivity index (χ0n) is 41.8. The molecule has 0 bridgehead atoms. The first kappa shape index (κ1) is 44.9. The van der Waals surface area contributed by atoms with Gasteiger partial charge in [0.2, 0.25) is 0 Å². The quantitative estimate of drug-likeness (QED) is 0.160. The molecule has 66 heavy (non-hydrogen) atoms. The summed E-state index contributed by atoms with van der Waals surface area (Å²) in [6, 6.07) is 51.6. The summed E-state index contributed by atoms with van der Waals surface area (Å²) in [6.07, 6.45) is 1.95. The Morgan fingerprint density at radius 3 is 1.73 bits per heavy atom. The molecule has 0 fully saturated rings. The van der Waals surface area contributed by atoms with E-state index in [4.69, 9.17) is 9.72 Å². The zero-order chi connectivity index (χ0) is 47.1. The van der Waals surface area contributed by atoms with Crippen LogP contribution >= 0.6 is 0 Å². The van der Waals surface area contributed by atoms with Crippen LogP contribution < -0.4 is 14.5 Å². The Kier molecular flexibility index (Phi) is 10.8.